The molecule has 0 aliphatic carbocycles. The third kappa shape index (κ3) is 10.0. The van der Waals surface area contributed by atoms with E-state index in [2.05, 4.69) is 237 Å². The minimum atomic E-state index is 0.783. The molecule has 0 radical (unpaired) electrons. The normalized spacial score (nSPS) is 11.5. The largest absolute Gasteiger partial charge is 0.455 e. The van der Waals surface area contributed by atoms with E-state index in [1.165, 1.54) is 0 Å². The van der Waals surface area contributed by atoms with E-state index in [1.54, 1.807) is 6.08 Å². The second kappa shape index (κ2) is 21.8. The molecule has 0 bridgehead atoms. The van der Waals surface area contributed by atoms with Gasteiger partial charge in [0.25, 0.3) is 0 Å². The fraction of sp³-hybridized carbons (Fsp3) is 0.0556. The van der Waals surface area contributed by atoms with Crippen molar-refractivity contribution >= 4 is 83.5 Å². The molecule has 9 aromatic carbocycles. The number of hydrogen-bond acceptors (Lipinski definition) is 4. The van der Waals surface area contributed by atoms with Crippen LogP contribution in [-0.2, 0) is 0 Å². The maximum absolute atomic E-state index is 6.38. The van der Waals surface area contributed by atoms with Gasteiger partial charge in [0.05, 0.1) is 0 Å². The Bertz CT molecular complexity index is 4000. The molecule has 0 aliphatic heterocycles. The number of allylic oxidation sites excluding steroid dienone is 8. The molecule has 2 aromatic heterocycles. The molecule has 0 aliphatic rings. The Kier molecular flexibility index (Phi) is 14.0. The number of para-hydroxylation sites is 5. The van der Waals surface area contributed by atoms with Gasteiger partial charge in [-0.25, -0.2) is 0 Å². The van der Waals surface area contributed by atoms with E-state index in [0.29, 0.717) is 0 Å². The van der Waals surface area contributed by atoms with E-state index >= 15 is 0 Å². The first-order valence-corrected chi connectivity index (χ1v) is 25.9. The predicted molar refractivity (Wildman–Crippen MR) is 325 cm³/mol. The summed E-state index contributed by atoms with van der Waals surface area (Å²) in [6.45, 7) is 21.7. The molecule has 0 saturated heterocycles. The smallest absolute Gasteiger partial charge is 0.143 e. The maximum atomic E-state index is 6.38. The van der Waals surface area contributed by atoms with Gasteiger partial charge in [-0.15, -0.1) is 0 Å². The molecule has 11 aromatic rings. The molecule has 0 spiro atoms. The summed E-state index contributed by atoms with van der Waals surface area (Å²) in [6.07, 6.45) is 12.9. The molecule has 0 fully saturated rings. The van der Waals surface area contributed by atoms with Crippen LogP contribution in [0.5, 0.6) is 0 Å². The van der Waals surface area contributed by atoms with Crippen LogP contribution < -0.4 is 9.80 Å². The summed E-state index contributed by atoms with van der Waals surface area (Å²) in [5.41, 5.74) is 19.6. The van der Waals surface area contributed by atoms with Crippen LogP contribution in [0.4, 0.5) is 28.4 Å². The predicted octanol–water partition coefficient (Wildman–Crippen LogP) is 21.1. The molecule has 11 rings (SSSR count). The lowest BCUT2D eigenvalue weighted by molar-refractivity contribution is 0.669. The van der Waals surface area contributed by atoms with Gasteiger partial charge >= 0.3 is 0 Å². The zero-order valence-corrected chi connectivity index (χ0v) is 42.7. The molecule has 368 valence electrons. The molecule has 0 unspecified atom stereocenters. The first kappa shape index (κ1) is 48.6. The number of hydrogen-bond donors (Lipinski definition) is 0. The van der Waals surface area contributed by atoms with E-state index in [4.69, 9.17) is 8.83 Å². The van der Waals surface area contributed by atoms with Crippen molar-refractivity contribution in [2.45, 2.75) is 25.7 Å². The molecule has 0 atom stereocenters. The van der Waals surface area contributed by atoms with Crippen LogP contribution in [0.1, 0.15) is 36.8 Å². The monoisotopic (exact) mass is 982 g/mol. The second-order valence-corrected chi connectivity index (χ2v) is 19.2. The SMILES string of the molecule is C=C/C=C\C=C\N(c1ccc(C(=C)CCC(=C)C(=C)CCC(=C)c2ccc(N(c3ccccc3)c3ccc(-c4cccc5c4oc4ccccc45)cc3)cc2)cc1)c1ccc(-c2cccc3c2oc2ccccc23)cc1. The van der Waals surface area contributed by atoms with Gasteiger partial charge < -0.3 is 18.6 Å². The number of fused-ring (bicyclic) bond motifs is 6. The molecule has 4 heteroatoms. The third-order valence-electron chi connectivity index (χ3n) is 14.4. The minimum Gasteiger partial charge on any atom is -0.455 e. The molecule has 0 amide bonds. The van der Waals surface area contributed by atoms with E-state index < -0.39 is 0 Å². The molecule has 2 heterocycles. The fourth-order valence-corrected chi connectivity index (χ4v) is 10.1. The van der Waals surface area contributed by atoms with Crippen molar-refractivity contribution in [3.8, 4) is 22.3 Å². The van der Waals surface area contributed by atoms with Crippen LogP contribution in [0.15, 0.2) is 296 Å². The Morgan fingerprint density at radius 3 is 1.26 bits per heavy atom. The van der Waals surface area contributed by atoms with Gasteiger partial charge in [0.2, 0.25) is 0 Å². The van der Waals surface area contributed by atoms with Crippen molar-refractivity contribution in [1.29, 1.82) is 0 Å². The highest BCUT2D eigenvalue weighted by atomic mass is 16.3. The Labute approximate surface area is 445 Å². The van der Waals surface area contributed by atoms with Gasteiger partial charge in [-0.1, -0.05) is 202 Å². The van der Waals surface area contributed by atoms with Crippen LogP contribution in [0.25, 0.3) is 77.3 Å². The average molecular weight is 983 g/mol. The fourth-order valence-electron chi connectivity index (χ4n) is 10.1. The number of benzene rings is 9. The standard InChI is InChI=1S/C72H58N2O2/c1-6-7-8-16-49-73(59-43-37-56(38-44-59)63-23-17-25-67-65-21-12-14-27-69(65)75-71(63)67)58-41-33-54(34-42-58)52(4)31-29-50(2)51(3)30-32-53(5)55-35-45-61(46-36-55)74(60-19-10-9-11-20-60)62-47-39-57(40-48-62)64-24-18-26-68-66-22-13-15-28-70(66)76-72(64)68/h6-28,33-49H,1-5,29-32H2/b8-7-,49-16+. The quantitative estimate of drug-likeness (QED) is 0.0756. The zero-order chi connectivity index (χ0) is 52.0. The summed E-state index contributed by atoms with van der Waals surface area (Å²) in [7, 11) is 0. The number of rotatable bonds is 19. The maximum Gasteiger partial charge on any atom is 0.143 e. The average Bonchev–Trinajstić information content (AvgIpc) is 4.10. The molecule has 76 heavy (non-hydrogen) atoms. The lowest BCUT2D eigenvalue weighted by Gasteiger charge is -2.26. The van der Waals surface area contributed by atoms with Crippen molar-refractivity contribution in [3.05, 3.63) is 298 Å². The van der Waals surface area contributed by atoms with Crippen LogP contribution in [0, 0.1) is 0 Å². The second-order valence-electron chi connectivity index (χ2n) is 19.2. The highest BCUT2D eigenvalue weighted by Gasteiger charge is 2.17. The molecule has 0 N–H and O–H groups in total. The lowest BCUT2D eigenvalue weighted by atomic mass is 9.93. The number of anilines is 5. The van der Waals surface area contributed by atoms with Crippen molar-refractivity contribution in [3.63, 3.8) is 0 Å². The molecular weight excluding hydrogens is 925 g/mol. The Morgan fingerprint density at radius 2 is 0.776 bits per heavy atom. The zero-order valence-electron chi connectivity index (χ0n) is 42.7. The van der Waals surface area contributed by atoms with E-state index in [1.807, 2.05) is 42.5 Å². The topological polar surface area (TPSA) is 32.8 Å². The number of nitrogens with zero attached hydrogens (tertiary/aromatic N) is 2. The Morgan fingerprint density at radius 1 is 0.368 bits per heavy atom. The lowest BCUT2D eigenvalue weighted by Crippen LogP contribution is -2.09. The molecule has 4 nitrogen and oxygen atoms in total. The van der Waals surface area contributed by atoms with Crippen molar-refractivity contribution in [1.82, 2.24) is 0 Å². The highest BCUT2D eigenvalue weighted by Crippen LogP contribution is 2.41. The van der Waals surface area contributed by atoms with Crippen LogP contribution in [-0.4, -0.2) is 0 Å². The van der Waals surface area contributed by atoms with Gasteiger partial charge in [0.1, 0.15) is 22.3 Å². The van der Waals surface area contributed by atoms with E-state index in [0.717, 1.165) is 154 Å². The summed E-state index contributed by atoms with van der Waals surface area (Å²) >= 11 is 0. The van der Waals surface area contributed by atoms with Crippen molar-refractivity contribution < 1.29 is 8.83 Å². The summed E-state index contributed by atoms with van der Waals surface area (Å²) in [4.78, 5) is 4.47. The summed E-state index contributed by atoms with van der Waals surface area (Å²) < 4.78 is 12.7. The third-order valence-corrected chi connectivity index (χ3v) is 14.4. The first-order chi connectivity index (χ1) is 37.3. The van der Waals surface area contributed by atoms with Gasteiger partial charge in [-0.2, -0.15) is 0 Å². The first-order valence-electron chi connectivity index (χ1n) is 25.9. The van der Waals surface area contributed by atoms with Crippen molar-refractivity contribution in [2.24, 2.45) is 0 Å². The van der Waals surface area contributed by atoms with Gasteiger partial charge in [0, 0.05) is 67.3 Å². The summed E-state index contributed by atoms with van der Waals surface area (Å²) in [6, 6.07) is 74.3. The molecule has 0 saturated carbocycles. The van der Waals surface area contributed by atoms with Crippen LogP contribution >= 0.6 is 0 Å². The van der Waals surface area contributed by atoms with Crippen molar-refractivity contribution in [2.75, 3.05) is 9.80 Å². The Hall–Kier alpha value is -9.64. The van der Waals surface area contributed by atoms with Gasteiger partial charge in [-0.05, 0) is 138 Å². The minimum absolute atomic E-state index is 0.783. The number of furan rings is 2. The van der Waals surface area contributed by atoms with Gasteiger partial charge in [0.15, 0.2) is 0 Å². The van der Waals surface area contributed by atoms with E-state index in [9.17, 15) is 0 Å². The Balaban J connectivity index is 0.709. The summed E-state index contributed by atoms with van der Waals surface area (Å²) in [5, 5.41) is 4.50. The van der Waals surface area contributed by atoms with Gasteiger partial charge in [-0.3, -0.25) is 0 Å². The van der Waals surface area contributed by atoms with Crippen LogP contribution in [0.3, 0.4) is 0 Å². The summed E-state index contributed by atoms with van der Waals surface area (Å²) in [5.74, 6) is 0. The van der Waals surface area contributed by atoms with Crippen LogP contribution in [0.2, 0.25) is 0 Å². The van der Waals surface area contributed by atoms with E-state index in [-0.39, 0.29) is 0 Å². The highest BCUT2D eigenvalue weighted by molar-refractivity contribution is 6.10. The molecular formula is C72H58N2O2.